The molecule has 88 valence electrons. The zero-order valence-electron chi connectivity index (χ0n) is 10.5. The second-order valence-corrected chi connectivity index (χ2v) is 5.07. The maximum atomic E-state index is 5.89. The van der Waals surface area contributed by atoms with Crippen molar-refractivity contribution in [2.45, 2.75) is 26.3 Å². The fourth-order valence-corrected chi connectivity index (χ4v) is 2.84. The van der Waals surface area contributed by atoms with Crippen molar-refractivity contribution >= 4 is 0 Å². The van der Waals surface area contributed by atoms with Gasteiger partial charge in [0, 0.05) is 6.04 Å². The molecule has 16 heavy (non-hydrogen) atoms. The summed E-state index contributed by atoms with van der Waals surface area (Å²) in [6.45, 7) is 6.33. The quantitative estimate of drug-likeness (QED) is 0.825. The van der Waals surface area contributed by atoms with Gasteiger partial charge < -0.3 is 5.73 Å². The minimum atomic E-state index is 0.518. The molecule has 2 heteroatoms. The molecule has 0 bridgehead atoms. The standard InChI is InChI=1S/C14H22N2/c1-10-4-5-11(2)13(8-10)14-12(9-15)6-7-16(14)3/h4-5,8,12,14H,6-7,9,15H2,1-3H3. The van der Waals surface area contributed by atoms with E-state index >= 15 is 0 Å². The predicted molar refractivity (Wildman–Crippen MR) is 68.4 cm³/mol. The van der Waals surface area contributed by atoms with E-state index in [-0.39, 0.29) is 0 Å². The summed E-state index contributed by atoms with van der Waals surface area (Å²) >= 11 is 0. The number of rotatable bonds is 2. The van der Waals surface area contributed by atoms with E-state index in [1.807, 2.05) is 0 Å². The Labute approximate surface area is 98.4 Å². The first-order valence-electron chi connectivity index (χ1n) is 6.11. The highest BCUT2D eigenvalue weighted by Crippen LogP contribution is 2.37. The number of hydrogen-bond acceptors (Lipinski definition) is 2. The molecule has 1 aromatic rings. The summed E-state index contributed by atoms with van der Waals surface area (Å²) in [5, 5.41) is 0. The van der Waals surface area contributed by atoms with Gasteiger partial charge in [-0.1, -0.05) is 23.8 Å². The van der Waals surface area contributed by atoms with Crippen molar-refractivity contribution in [1.82, 2.24) is 4.90 Å². The largest absolute Gasteiger partial charge is 0.330 e. The van der Waals surface area contributed by atoms with E-state index in [0.29, 0.717) is 12.0 Å². The molecule has 1 aliphatic heterocycles. The Morgan fingerprint density at radius 1 is 1.38 bits per heavy atom. The SMILES string of the molecule is Cc1ccc(C)c(C2C(CN)CCN2C)c1. The molecule has 2 nitrogen and oxygen atoms in total. The lowest BCUT2D eigenvalue weighted by atomic mass is 9.90. The summed E-state index contributed by atoms with van der Waals surface area (Å²) < 4.78 is 0. The third-order valence-corrected chi connectivity index (χ3v) is 3.83. The van der Waals surface area contributed by atoms with Crippen LogP contribution in [0.25, 0.3) is 0 Å². The molecule has 0 saturated carbocycles. The normalized spacial score (nSPS) is 26.2. The fourth-order valence-electron chi connectivity index (χ4n) is 2.84. The molecule has 2 unspecified atom stereocenters. The molecule has 1 aliphatic rings. The lowest BCUT2D eigenvalue weighted by Crippen LogP contribution is -2.25. The fraction of sp³-hybridized carbons (Fsp3) is 0.571. The number of nitrogens with zero attached hydrogens (tertiary/aromatic N) is 1. The average molecular weight is 218 g/mol. The van der Waals surface area contributed by atoms with Crippen LogP contribution < -0.4 is 5.73 Å². The van der Waals surface area contributed by atoms with Gasteiger partial charge in [0.1, 0.15) is 0 Å². The molecule has 0 amide bonds. The second kappa shape index (κ2) is 4.56. The molecule has 1 saturated heterocycles. The van der Waals surface area contributed by atoms with E-state index in [1.54, 1.807) is 0 Å². The van der Waals surface area contributed by atoms with Crippen molar-refractivity contribution < 1.29 is 0 Å². The summed E-state index contributed by atoms with van der Waals surface area (Å²) in [5.41, 5.74) is 10.1. The molecule has 0 aliphatic carbocycles. The number of nitrogens with two attached hydrogens (primary N) is 1. The third-order valence-electron chi connectivity index (χ3n) is 3.83. The molecule has 1 aromatic carbocycles. The van der Waals surface area contributed by atoms with E-state index in [9.17, 15) is 0 Å². The Morgan fingerprint density at radius 2 is 2.12 bits per heavy atom. The molecule has 0 aromatic heterocycles. The lowest BCUT2D eigenvalue weighted by Gasteiger charge is -2.26. The van der Waals surface area contributed by atoms with Gasteiger partial charge in [0.25, 0.3) is 0 Å². The highest BCUT2D eigenvalue weighted by atomic mass is 15.2. The third kappa shape index (κ3) is 2.00. The van der Waals surface area contributed by atoms with E-state index < -0.39 is 0 Å². The Kier molecular flexibility index (Phi) is 3.31. The van der Waals surface area contributed by atoms with Crippen LogP contribution in [0.2, 0.25) is 0 Å². The van der Waals surface area contributed by atoms with Gasteiger partial charge in [-0.3, -0.25) is 4.90 Å². The summed E-state index contributed by atoms with van der Waals surface area (Å²) in [6.07, 6.45) is 1.23. The van der Waals surface area contributed by atoms with E-state index in [2.05, 4.69) is 44.0 Å². The van der Waals surface area contributed by atoms with Gasteiger partial charge in [-0.05, 0) is 57.5 Å². The molecule has 2 rings (SSSR count). The van der Waals surface area contributed by atoms with Crippen LogP contribution in [0.15, 0.2) is 18.2 Å². The van der Waals surface area contributed by atoms with Gasteiger partial charge >= 0.3 is 0 Å². The van der Waals surface area contributed by atoms with E-state index in [4.69, 9.17) is 5.73 Å². The molecular weight excluding hydrogens is 196 g/mol. The van der Waals surface area contributed by atoms with Crippen LogP contribution in [0.1, 0.15) is 29.2 Å². The topological polar surface area (TPSA) is 29.3 Å². The lowest BCUT2D eigenvalue weighted by molar-refractivity contribution is 0.278. The van der Waals surface area contributed by atoms with Crippen LogP contribution in [0, 0.1) is 19.8 Å². The number of likely N-dealkylation sites (tertiary alicyclic amines) is 1. The molecular formula is C14H22N2. The number of aryl methyl sites for hydroxylation is 2. The Morgan fingerprint density at radius 3 is 2.81 bits per heavy atom. The summed E-state index contributed by atoms with van der Waals surface area (Å²) in [5.74, 6) is 0.616. The van der Waals surface area contributed by atoms with Gasteiger partial charge in [-0.2, -0.15) is 0 Å². The highest BCUT2D eigenvalue weighted by molar-refractivity contribution is 5.34. The summed E-state index contributed by atoms with van der Waals surface area (Å²) in [6, 6.07) is 7.25. The maximum Gasteiger partial charge on any atom is 0.0388 e. The van der Waals surface area contributed by atoms with Gasteiger partial charge in [-0.15, -0.1) is 0 Å². The second-order valence-electron chi connectivity index (χ2n) is 5.07. The monoisotopic (exact) mass is 218 g/mol. The number of benzene rings is 1. The summed E-state index contributed by atoms with van der Waals surface area (Å²) in [4.78, 5) is 2.44. The van der Waals surface area contributed by atoms with Crippen molar-refractivity contribution in [2.24, 2.45) is 11.7 Å². The van der Waals surface area contributed by atoms with Crippen molar-refractivity contribution in [3.63, 3.8) is 0 Å². The smallest absolute Gasteiger partial charge is 0.0388 e. The summed E-state index contributed by atoms with van der Waals surface area (Å²) in [7, 11) is 2.21. The first-order chi connectivity index (χ1) is 7.63. The Hall–Kier alpha value is -0.860. The van der Waals surface area contributed by atoms with Gasteiger partial charge in [0.05, 0.1) is 0 Å². The first kappa shape index (κ1) is 11.6. The van der Waals surface area contributed by atoms with Gasteiger partial charge in [-0.25, -0.2) is 0 Å². The first-order valence-corrected chi connectivity index (χ1v) is 6.11. The van der Waals surface area contributed by atoms with Crippen molar-refractivity contribution in [3.05, 3.63) is 34.9 Å². The van der Waals surface area contributed by atoms with Gasteiger partial charge in [0.15, 0.2) is 0 Å². The van der Waals surface area contributed by atoms with Crippen LogP contribution in [0.5, 0.6) is 0 Å². The zero-order valence-corrected chi connectivity index (χ0v) is 10.5. The molecule has 2 atom stereocenters. The van der Waals surface area contributed by atoms with E-state index in [0.717, 1.165) is 6.54 Å². The molecule has 0 radical (unpaired) electrons. The van der Waals surface area contributed by atoms with Crippen LogP contribution in [-0.2, 0) is 0 Å². The van der Waals surface area contributed by atoms with Gasteiger partial charge in [0.2, 0.25) is 0 Å². The van der Waals surface area contributed by atoms with Crippen molar-refractivity contribution in [1.29, 1.82) is 0 Å². The highest BCUT2D eigenvalue weighted by Gasteiger charge is 2.32. The Balaban J connectivity index is 2.37. The number of hydrogen-bond donors (Lipinski definition) is 1. The molecule has 0 spiro atoms. The minimum Gasteiger partial charge on any atom is -0.330 e. The predicted octanol–water partition coefficient (Wildman–Crippen LogP) is 2.25. The zero-order chi connectivity index (χ0) is 11.7. The van der Waals surface area contributed by atoms with Crippen molar-refractivity contribution in [3.8, 4) is 0 Å². The minimum absolute atomic E-state index is 0.518. The maximum absolute atomic E-state index is 5.89. The van der Waals surface area contributed by atoms with Crippen LogP contribution in [0.4, 0.5) is 0 Å². The van der Waals surface area contributed by atoms with Crippen LogP contribution in [-0.4, -0.2) is 25.0 Å². The van der Waals surface area contributed by atoms with Crippen LogP contribution >= 0.6 is 0 Å². The van der Waals surface area contributed by atoms with Crippen molar-refractivity contribution in [2.75, 3.05) is 20.1 Å². The van der Waals surface area contributed by atoms with E-state index in [1.165, 1.54) is 29.7 Å². The Bertz CT molecular complexity index is 373. The van der Waals surface area contributed by atoms with Crippen LogP contribution in [0.3, 0.4) is 0 Å². The molecule has 1 fully saturated rings. The average Bonchev–Trinajstić information content (AvgIpc) is 2.63. The molecule has 2 N–H and O–H groups in total. The molecule has 1 heterocycles.